The Labute approximate surface area is 299 Å². The third kappa shape index (κ3) is 6.48. The van der Waals surface area contributed by atoms with Gasteiger partial charge in [0.1, 0.15) is 16.4 Å². The summed E-state index contributed by atoms with van der Waals surface area (Å²) in [4.78, 5) is 63.0. The van der Waals surface area contributed by atoms with Gasteiger partial charge in [0.05, 0.1) is 17.4 Å². The SMILES string of the molecule is Cc1cc(SCC(=O)N[C@@H]2C(=O)N3C(C(=O)[O-])=C(/C=C4\CCN(CC5CC5)C4=O)CS[C@H]23)n2nc(-c3ccc(O)c(O)c3)nc2n1.[Na+]. The van der Waals surface area contributed by atoms with E-state index in [-0.39, 0.29) is 75.8 Å². The van der Waals surface area contributed by atoms with Crippen LogP contribution < -0.4 is 40.0 Å². The molecular formula is C30H28N7NaO7S2. The second-order valence-electron chi connectivity index (χ2n) is 11.6. The molecule has 0 radical (unpaired) electrons. The van der Waals surface area contributed by atoms with Crippen LogP contribution in [0.4, 0.5) is 0 Å². The number of hydrogen-bond acceptors (Lipinski definition) is 12. The number of phenolic OH excluding ortho intramolecular Hbond substituents is 2. The van der Waals surface area contributed by atoms with E-state index in [9.17, 15) is 34.5 Å². The molecule has 0 bridgehead atoms. The van der Waals surface area contributed by atoms with Crippen LogP contribution in [0.15, 0.2) is 52.2 Å². The minimum absolute atomic E-state index is 0. The maximum absolute atomic E-state index is 13.2. The fourth-order valence-corrected chi connectivity index (χ4v) is 7.90. The van der Waals surface area contributed by atoms with Crippen molar-refractivity contribution in [1.82, 2.24) is 34.7 Å². The predicted molar refractivity (Wildman–Crippen MR) is 164 cm³/mol. The second-order valence-corrected chi connectivity index (χ2v) is 13.7. The first-order valence-electron chi connectivity index (χ1n) is 14.7. The van der Waals surface area contributed by atoms with Crippen LogP contribution in [0.5, 0.6) is 11.5 Å². The molecule has 1 aromatic carbocycles. The molecular weight excluding hydrogens is 657 g/mol. The van der Waals surface area contributed by atoms with Crippen LogP contribution in [0.3, 0.4) is 0 Å². The number of rotatable bonds is 9. The number of likely N-dealkylation sites (tertiary alicyclic amines) is 1. The van der Waals surface area contributed by atoms with Gasteiger partial charge in [-0.25, -0.2) is 4.98 Å². The van der Waals surface area contributed by atoms with E-state index in [1.54, 1.807) is 30.0 Å². The molecule has 1 aliphatic carbocycles. The van der Waals surface area contributed by atoms with Gasteiger partial charge in [0.2, 0.25) is 11.8 Å². The minimum Gasteiger partial charge on any atom is -0.543 e. The number of carboxylic acid groups (broad SMARTS) is 1. The molecule has 3 aliphatic heterocycles. The average molecular weight is 686 g/mol. The van der Waals surface area contributed by atoms with Crippen molar-refractivity contribution in [3.63, 3.8) is 0 Å². The van der Waals surface area contributed by atoms with Crippen LogP contribution in [0, 0.1) is 12.8 Å². The van der Waals surface area contributed by atoms with E-state index in [1.807, 2.05) is 0 Å². The monoisotopic (exact) mass is 685 g/mol. The number of amides is 3. The summed E-state index contributed by atoms with van der Waals surface area (Å²) in [6.07, 6.45) is 4.36. The number of carboxylic acids is 1. The third-order valence-electron chi connectivity index (χ3n) is 8.24. The van der Waals surface area contributed by atoms with Crippen LogP contribution in [-0.4, -0.2) is 99.3 Å². The molecule has 2 atom stereocenters. The number of β-lactam (4-membered cyclic amide) rings is 1. The molecule has 4 aliphatic rings. The number of carbonyl (C=O) groups is 4. The van der Waals surface area contributed by atoms with Gasteiger partial charge in [0.15, 0.2) is 17.3 Å². The Morgan fingerprint density at radius 2 is 1.96 bits per heavy atom. The van der Waals surface area contributed by atoms with E-state index in [1.165, 1.54) is 28.4 Å². The summed E-state index contributed by atoms with van der Waals surface area (Å²) < 4.78 is 1.46. The Bertz CT molecular complexity index is 1890. The Balaban J connectivity index is 0.00000386. The first-order valence-corrected chi connectivity index (χ1v) is 16.7. The van der Waals surface area contributed by atoms with Crippen LogP contribution in [0.2, 0.25) is 0 Å². The number of thioether (sulfide) groups is 2. The van der Waals surface area contributed by atoms with E-state index < -0.39 is 29.2 Å². The Hall–Kier alpha value is -3.57. The normalized spacial score (nSPS) is 21.6. The molecule has 3 aromatic rings. The fourth-order valence-electron chi connectivity index (χ4n) is 5.74. The molecule has 14 nitrogen and oxygen atoms in total. The van der Waals surface area contributed by atoms with Crippen molar-refractivity contribution >= 4 is 53.0 Å². The van der Waals surface area contributed by atoms with Crippen molar-refractivity contribution in [2.75, 3.05) is 24.6 Å². The third-order valence-corrected chi connectivity index (χ3v) is 10.5. The summed E-state index contributed by atoms with van der Waals surface area (Å²) in [5, 5.41) is 38.8. The van der Waals surface area contributed by atoms with E-state index in [2.05, 4.69) is 20.4 Å². The number of aryl methyl sites for hydroxylation is 1. The topological polar surface area (TPSA) is 193 Å². The molecule has 17 heteroatoms. The van der Waals surface area contributed by atoms with E-state index in [0.717, 1.165) is 36.0 Å². The quantitative estimate of drug-likeness (QED) is 0.0540. The van der Waals surface area contributed by atoms with Gasteiger partial charge < -0.3 is 30.3 Å². The van der Waals surface area contributed by atoms with Crippen LogP contribution in [0.25, 0.3) is 17.2 Å². The summed E-state index contributed by atoms with van der Waals surface area (Å²) in [7, 11) is 0. The van der Waals surface area contributed by atoms with Gasteiger partial charge in [-0.3, -0.25) is 19.3 Å². The number of benzene rings is 1. The van der Waals surface area contributed by atoms with Crippen molar-refractivity contribution in [1.29, 1.82) is 0 Å². The molecule has 0 spiro atoms. The molecule has 3 N–H and O–H groups in total. The number of aromatic nitrogens is 4. The van der Waals surface area contributed by atoms with Gasteiger partial charge in [-0.05, 0) is 68.0 Å². The number of aromatic hydroxyl groups is 2. The molecule has 47 heavy (non-hydrogen) atoms. The second kappa shape index (κ2) is 13.1. The number of aliphatic carboxylic acids is 1. The Morgan fingerprint density at radius 1 is 1.17 bits per heavy atom. The molecule has 2 aromatic heterocycles. The van der Waals surface area contributed by atoms with E-state index in [0.29, 0.717) is 46.3 Å². The largest absolute Gasteiger partial charge is 1.00 e. The zero-order chi connectivity index (χ0) is 32.3. The van der Waals surface area contributed by atoms with Crippen molar-refractivity contribution in [3.8, 4) is 22.9 Å². The van der Waals surface area contributed by atoms with Crippen LogP contribution in [0.1, 0.15) is 25.0 Å². The standard InChI is InChI=1S/C30H29N7O7S2.Na/c1-14-8-22(37-30(31-14)33-25(34-37)16-4-5-19(38)20(39)10-16)45-13-21(40)32-23-27(42)36-24(29(43)44)18(12-46-28(23)36)9-17-6-7-35(26(17)41)11-15-2-3-15;/h4-5,8-10,15,23,28,38-39H,2-3,6-7,11-13H2,1H3,(H,32,40)(H,43,44);/q;+1/p-1/b17-9+;/t23-,28-;/m1./s1. The maximum atomic E-state index is 13.2. The molecule has 3 fully saturated rings. The van der Waals surface area contributed by atoms with Gasteiger partial charge in [-0.1, -0.05) is 11.8 Å². The number of hydrogen-bond donors (Lipinski definition) is 3. The molecule has 2 saturated heterocycles. The summed E-state index contributed by atoms with van der Waals surface area (Å²) in [5.74, 6) is -1.92. The van der Waals surface area contributed by atoms with Crippen molar-refractivity contribution in [2.45, 2.75) is 42.6 Å². The van der Waals surface area contributed by atoms with E-state index in [4.69, 9.17) is 0 Å². The Kier molecular flexibility index (Phi) is 9.32. The van der Waals surface area contributed by atoms with Crippen LogP contribution in [-0.2, 0) is 19.2 Å². The number of fused-ring (bicyclic) bond motifs is 2. The number of allylic oxidation sites excluding steroid dienone is 1. The zero-order valence-corrected chi connectivity index (χ0v) is 29.1. The predicted octanol–water partition coefficient (Wildman–Crippen LogP) is -2.42. The molecule has 7 rings (SSSR count). The van der Waals surface area contributed by atoms with Crippen molar-refractivity contribution in [3.05, 3.63) is 52.9 Å². The number of phenols is 2. The van der Waals surface area contributed by atoms with Gasteiger partial charge in [0.25, 0.3) is 11.7 Å². The molecule has 0 unspecified atom stereocenters. The molecule has 1 saturated carbocycles. The first kappa shape index (κ1) is 33.3. The van der Waals surface area contributed by atoms with E-state index >= 15 is 0 Å². The molecule has 5 heterocycles. The van der Waals surface area contributed by atoms with Crippen LogP contribution >= 0.6 is 23.5 Å². The van der Waals surface area contributed by atoms with Gasteiger partial charge in [-0.2, -0.15) is 9.50 Å². The van der Waals surface area contributed by atoms with Crippen molar-refractivity contribution < 1.29 is 64.1 Å². The Morgan fingerprint density at radius 3 is 2.68 bits per heavy atom. The number of carbonyl (C=O) groups excluding carboxylic acids is 4. The summed E-state index contributed by atoms with van der Waals surface area (Å²) in [6, 6.07) is 5.03. The maximum Gasteiger partial charge on any atom is 1.00 e. The smallest absolute Gasteiger partial charge is 0.543 e. The van der Waals surface area contributed by atoms with Gasteiger partial charge in [0, 0.05) is 35.7 Å². The number of nitrogens with one attached hydrogen (secondary N) is 1. The summed E-state index contributed by atoms with van der Waals surface area (Å²) >= 11 is 2.48. The molecule has 3 amide bonds. The molecule has 238 valence electrons. The number of nitrogens with zero attached hydrogens (tertiary/aromatic N) is 6. The zero-order valence-electron chi connectivity index (χ0n) is 25.5. The fraction of sp³-hybridized carbons (Fsp3) is 0.367. The first-order chi connectivity index (χ1) is 22.1. The summed E-state index contributed by atoms with van der Waals surface area (Å²) in [5.41, 5.74) is 1.73. The average Bonchev–Trinajstić information content (AvgIpc) is 3.65. The minimum atomic E-state index is -1.50. The van der Waals surface area contributed by atoms with Gasteiger partial charge >= 0.3 is 29.6 Å². The van der Waals surface area contributed by atoms with Gasteiger partial charge in [-0.15, -0.1) is 16.9 Å². The van der Waals surface area contributed by atoms with Crippen molar-refractivity contribution in [2.24, 2.45) is 5.92 Å². The summed E-state index contributed by atoms with van der Waals surface area (Å²) in [6.45, 7) is 3.10.